The van der Waals surface area contributed by atoms with Crippen molar-refractivity contribution in [1.82, 2.24) is 4.90 Å². The molecular weight excluding hydrogens is 496 g/mol. The van der Waals surface area contributed by atoms with Gasteiger partial charge in [0.25, 0.3) is 0 Å². The van der Waals surface area contributed by atoms with E-state index in [0.29, 0.717) is 23.4 Å². The summed E-state index contributed by atoms with van der Waals surface area (Å²) in [7, 11) is 0. The van der Waals surface area contributed by atoms with E-state index in [1.165, 1.54) is 16.7 Å². The molecule has 2 aromatic carbocycles. The van der Waals surface area contributed by atoms with Crippen molar-refractivity contribution >= 4 is 37.5 Å². The highest BCUT2D eigenvalue weighted by molar-refractivity contribution is 9.11. The summed E-state index contributed by atoms with van der Waals surface area (Å²) in [6.07, 6.45) is 3.05. The maximum Gasteiger partial charge on any atom is 0.144 e. The maximum absolute atomic E-state index is 10.4. The van der Waals surface area contributed by atoms with E-state index >= 15 is 0 Å². The van der Waals surface area contributed by atoms with E-state index in [-0.39, 0.29) is 5.41 Å². The number of fused-ring (bicyclic) bond motifs is 4. The average Bonchev–Trinajstić information content (AvgIpc) is 2.69. The quantitative estimate of drug-likeness (QED) is 0.280. The van der Waals surface area contributed by atoms with E-state index in [2.05, 4.69) is 78.8 Å². The summed E-state index contributed by atoms with van der Waals surface area (Å²) in [5.74, 6) is 0.815. The number of hydrogen-bond donors (Lipinski definition) is 1. The minimum atomic E-state index is 0.0582. The summed E-state index contributed by atoms with van der Waals surface area (Å²) in [6.45, 7) is 6.79. The second-order valence-electron chi connectivity index (χ2n) is 8.42. The van der Waals surface area contributed by atoms with Gasteiger partial charge < -0.3 is 5.11 Å². The Morgan fingerprint density at radius 2 is 2.03 bits per heavy atom. The van der Waals surface area contributed by atoms with Crippen LogP contribution < -0.4 is 0 Å². The SMILES string of the molecule is C[C@@H]1C2Cc3cc(Br)c(O)c(Br)c3C1(C)CCN2CCc1ccc(N=[N+]=[N-])cc1. The fourth-order valence-corrected chi connectivity index (χ4v) is 6.82. The number of aromatic hydroxyl groups is 1. The third-order valence-corrected chi connectivity index (χ3v) is 8.41. The van der Waals surface area contributed by atoms with Crippen molar-refractivity contribution in [3.05, 3.63) is 66.4 Å². The molecule has 1 saturated heterocycles. The molecule has 3 atom stereocenters. The predicted octanol–water partition coefficient (Wildman–Crippen LogP) is 6.63. The Labute approximate surface area is 188 Å². The number of phenols is 1. The second-order valence-corrected chi connectivity index (χ2v) is 10.1. The summed E-state index contributed by atoms with van der Waals surface area (Å²) in [5.41, 5.74) is 13.1. The molecule has 2 bridgehead atoms. The van der Waals surface area contributed by atoms with Gasteiger partial charge in [-0.3, -0.25) is 4.90 Å². The van der Waals surface area contributed by atoms with E-state index < -0.39 is 0 Å². The highest BCUT2D eigenvalue weighted by atomic mass is 79.9. The molecule has 2 unspecified atom stereocenters. The van der Waals surface area contributed by atoms with E-state index in [1.807, 2.05) is 12.1 Å². The maximum atomic E-state index is 10.4. The zero-order chi connectivity index (χ0) is 20.8. The standard InChI is InChI=1S/C22H24Br2N4O/c1-13-18-12-15-11-17(23)21(29)20(24)19(15)22(13,2)8-10-28(18)9-7-14-3-5-16(6-4-14)26-27-25/h3-6,11,13,18,29H,7-10,12H2,1-2H3/t13-,18?,22?/m1/s1. The van der Waals surface area contributed by atoms with Crippen LogP contribution in [-0.2, 0) is 18.3 Å². The van der Waals surface area contributed by atoms with Crippen molar-refractivity contribution in [1.29, 1.82) is 0 Å². The zero-order valence-electron chi connectivity index (χ0n) is 16.6. The monoisotopic (exact) mass is 518 g/mol. The van der Waals surface area contributed by atoms with Crippen LogP contribution in [-0.4, -0.2) is 29.1 Å². The molecule has 0 radical (unpaired) electrons. The van der Waals surface area contributed by atoms with Gasteiger partial charge in [0.2, 0.25) is 0 Å². The number of benzene rings is 2. The van der Waals surface area contributed by atoms with Gasteiger partial charge in [-0.2, -0.15) is 0 Å². The molecule has 0 aromatic heterocycles. The van der Waals surface area contributed by atoms with Crippen molar-refractivity contribution in [3.63, 3.8) is 0 Å². The number of azide groups is 1. The number of rotatable bonds is 4. The number of phenolic OH excluding ortho intramolecular Hbond substituents is 1. The predicted molar refractivity (Wildman–Crippen MR) is 123 cm³/mol. The van der Waals surface area contributed by atoms with Gasteiger partial charge in [-0.05, 0) is 97.3 Å². The molecule has 1 aliphatic heterocycles. The van der Waals surface area contributed by atoms with Crippen molar-refractivity contribution in [2.24, 2.45) is 11.0 Å². The molecule has 2 aliphatic rings. The van der Waals surface area contributed by atoms with Gasteiger partial charge >= 0.3 is 0 Å². The molecule has 1 aliphatic carbocycles. The van der Waals surface area contributed by atoms with Crippen LogP contribution in [0.4, 0.5) is 5.69 Å². The van der Waals surface area contributed by atoms with Crippen molar-refractivity contribution in [2.75, 3.05) is 13.1 Å². The first-order chi connectivity index (χ1) is 13.8. The first kappa shape index (κ1) is 20.7. The Morgan fingerprint density at radius 1 is 1.31 bits per heavy atom. The van der Waals surface area contributed by atoms with Gasteiger partial charge in [-0.15, -0.1) is 0 Å². The van der Waals surface area contributed by atoms with Crippen molar-refractivity contribution < 1.29 is 5.11 Å². The molecule has 29 heavy (non-hydrogen) atoms. The van der Waals surface area contributed by atoms with Crippen molar-refractivity contribution in [3.8, 4) is 5.75 Å². The first-order valence-electron chi connectivity index (χ1n) is 9.93. The molecular formula is C22H24Br2N4O. The molecule has 4 rings (SSSR count). The lowest BCUT2D eigenvalue weighted by atomic mass is 9.59. The molecule has 1 N–H and O–H groups in total. The highest BCUT2D eigenvalue weighted by Gasteiger charge is 2.49. The molecule has 1 heterocycles. The van der Waals surface area contributed by atoms with Crippen LogP contribution in [0.2, 0.25) is 0 Å². The number of piperidine rings is 1. The summed E-state index contributed by atoms with van der Waals surface area (Å²) < 4.78 is 1.61. The van der Waals surface area contributed by atoms with Gasteiger partial charge in [0, 0.05) is 23.2 Å². The molecule has 1 fully saturated rings. The van der Waals surface area contributed by atoms with Crippen LogP contribution >= 0.6 is 31.9 Å². The van der Waals surface area contributed by atoms with Crippen LogP contribution in [0.15, 0.2) is 44.4 Å². The summed E-state index contributed by atoms with van der Waals surface area (Å²) >= 11 is 7.18. The number of nitrogens with zero attached hydrogens (tertiary/aromatic N) is 4. The van der Waals surface area contributed by atoms with Crippen LogP contribution in [0, 0.1) is 5.92 Å². The Kier molecular flexibility index (Phi) is 5.68. The van der Waals surface area contributed by atoms with Crippen LogP contribution in [0.1, 0.15) is 37.0 Å². The van der Waals surface area contributed by atoms with E-state index in [4.69, 9.17) is 5.53 Å². The fraction of sp³-hybridized carbons (Fsp3) is 0.455. The van der Waals surface area contributed by atoms with Gasteiger partial charge in [0.15, 0.2) is 0 Å². The average molecular weight is 520 g/mol. The third kappa shape index (κ3) is 3.59. The molecule has 5 nitrogen and oxygen atoms in total. The summed E-state index contributed by atoms with van der Waals surface area (Å²) in [5, 5.41) is 14.1. The second kappa shape index (κ2) is 7.95. The lowest BCUT2D eigenvalue weighted by molar-refractivity contribution is 0.0317. The van der Waals surface area contributed by atoms with Crippen LogP contribution in [0.3, 0.4) is 0 Å². The van der Waals surface area contributed by atoms with E-state index in [1.54, 1.807) is 0 Å². The van der Waals surface area contributed by atoms with Gasteiger partial charge in [0.1, 0.15) is 5.75 Å². The van der Waals surface area contributed by atoms with Crippen LogP contribution in [0.25, 0.3) is 10.4 Å². The minimum absolute atomic E-state index is 0.0582. The molecule has 0 spiro atoms. The number of halogens is 2. The number of likely N-dealkylation sites (tertiary alicyclic amines) is 1. The third-order valence-electron chi connectivity index (χ3n) is 7.03. The van der Waals surface area contributed by atoms with E-state index in [9.17, 15) is 5.11 Å². The Hall–Kier alpha value is -1.53. The van der Waals surface area contributed by atoms with E-state index in [0.717, 1.165) is 41.3 Å². The number of hydrogen-bond acceptors (Lipinski definition) is 3. The molecule has 0 amide bonds. The molecule has 7 heteroatoms. The molecule has 0 saturated carbocycles. The Morgan fingerprint density at radius 3 is 2.72 bits per heavy atom. The van der Waals surface area contributed by atoms with Gasteiger partial charge in [-0.25, -0.2) is 0 Å². The molecule has 2 aromatic rings. The Balaban J connectivity index is 1.56. The minimum Gasteiger partial charge on any atom is -0.506 e. The van der Waals surface area contributed by atoms with Gasteiger partial charge in [-0.1, -0.05) is 43.2 Å². The highest BCUT2D eigenvalue weighted by Crippen LogP contribution is 2.53. The largest absolute Gasteiger partial charge is 0.506 e. The first-order valence-corrected chi connectivity index (χ1v) is 11.5. The lowest BCUT2D eigenvalue weighted by Gasteiger charge is -2.55. The topological polar surface area (TPSA) is 72.2 Å². The zero-order valence-corrected chi connectivity index (χ0v) is 19.7. The van der Waals surface area contributed by atoms with Gasteiger partial charge in [0.05, 0.1) is 8.95 Å². The lowest BCUT2D eigenvalue weighted by Crippen LogP contribution is -2.58. The summed E-state index contributed by atoms with van der Waals surface area (Å²) in [6, 6.07) is 10.5. The van der Waals surface area contributed by atoms with Crippen LogP contribution in [0.5, 0.6) is 5.75 Å². The molecule has 152 valence electrons. The fourth-order valence-electron chi connectivity index (χ4n) is 5.16. The Bertz CT molecular complexity index is 987. The van der Waals surface area contributed by atoms with Crippen molar-refractivity contribution in [2.45, 2.75) is 44.6 Å². The summed E-state index contributed by atoms with van der Waals surface area (Å²) in [4.78, 5) is 5.47. The normalized spacial score (nSPS) is 25.9. The smallest absolute Gasteiger partial charge is 0.144 e.